The number of benzene rings is 1. The van der Waals surface area contributed by atoms with Crippen molar-refractivity contribution in [2.75, 3.05) is 6.61 Å². The van der Waals surface area contributed by atoms with Gasteiger partial charge >= 0.3 is 0 Å². The van der Waals surface area contributed by atoms with Crippen molar-refractivity contribution in [1.82, 2.24) is 20.4 Å². The topological polar surface area (TPSA) is 81.0 Å². The van der Waals surface area contributed by atoms with Crippen LogP contribution in [0, 0.1) is 6.92 Å². The maximum absolute atomic E-state index is 9.56. The lowest BCUT2D eigenvalue weighted by Gasteiger charge is -2.06. The molecule has 0 amide bonds. The monoisotopic (exact) mass is 232 g/mol. The molecule has 0 radical (unpaired) electrons. The molecule has 2 rings (SSSR count). The van der Waals surface area contributed by atoms with Crippen LogP contribution in [-0.4, -0.2) is 32.1 Å². The summed E-state index contributed by atoms with van der Waals surface area (Å²) in [7, 11) is 0. The van der Waals surface area contributed by atoms with Gasteiger partial charge in [0, 0.05) is 5.56 Å². The van der Waals surface area contributed by atoms with Gasteiger partial charge in [0.2, 0.25) is 5.82 Å². The van der Waals surface area contributed by atoms with Crippen molar-refractivity contribution in [3.05, 3.63) is 24.0 Å². The number of phenols is 1. The van der Waals surface area contributed by atoms with Gasteiger partial charge in [-0.05, 0) is 32.0 Å². The molecule has 0 atom stereocenters. The lowest BCUT2D eigenvalue weighted by molar-refractivity contribution is 0.318. The number of aryl methyl sites for hydroxylation is 1. The predicted molar refractivity (Wildman–Crippen MR) is 60.6 cm³/mol. The van der Waals surface area contributed by atoms with Crippen LogP contribution in [0.5, 0.6) is 11.5 Å². The quantitative estimate of drug-likeness (QED) is 0.860. The highest BCUT2D eigenvalue weighted by atomic mass is 16.5. The molecule has 0 aliphatic carbocycles. The Hall–Kier alpha value is -2.24. The van der Waals surface area contributed by atoms with Crippen molar-refractivity contribution in [2.45, 2.75) is 13.8 Å². The van der Waals surface area contributed by atoms with Gasteiger partial charge in [-0.3, -0.25) is 0 Å². The predicted octanol–water partition coefficient (Wildman–Crippen LogP) is 1.35. The van der Waals surface area contributed by atoms with Crippen LogP contribution < -0.4 is 4.74 Å². The summed E-state index contributed by atoms with van der Waals surface area (Å²) in [5, 5.41) is 25.1. The van der Waals surface area contributed by atoms with E-state index in [4.69, 9.17) is 4.74 Å². The second-order valence-corrected chi connectivity index (χ2v) is 3.39. The van der Waals surface area contributed by atoms with Crippen molar-refractivity contribution in [3.8, 4) is 22.9 Å². The second kappa shape index (κ2) is 4.73. The molecule has 1 heterocycles. The Morgan fingerprint density at radius 3 is 2.53 bits per heavy atom. The van der Waals surface area contributed by atoms with E-state index < -0.39 is 0 Å². The summed E-state index contributed by atoms with van der Waals surface area (Å²) in [6.07, 6.45) is 0. The Kier molecular flexibility index (Phi) is 3.13. The molecule has 0 saturated heterocycles. The molecular formula is C11H12N4O2. The molecule has 0 bridgehead atoms. The summed E-state index contributed by atoms with van der Waals surface area (Å²) >= 11 is 0. The van der Waals surface area contributed by atoms with Gasteiger partial charge in [-0.25, -0.2) is 0 Å². The van der Waals surface area contributed by atoms with Crippen molar-refractivity contribution in [3.63, 3.8) is 0 Å². The van der Waals surface area contributed by atoms with E-state index in [9.17, 15) is 5.11 Å². The van der Waals surface area contributed by atoms with Crippen molar-refractivity contribution >= 4 is 0 Å². The number of aromatic nitrogens is 4. The standard InChI is InChI=1S/C11H12N4O2/c1-3-17-10-6-8(4-5-9(10)16)11-14-12-7(2)13-15-11/h4-6,16H,3H2,1-2H3. The third-order valence-corrected chi connectivity index (χ3v) is 2.10. The van der Waals surface area contributed by atoms with Crippen LogP contribution in [0.3, 0.4) is 0 Å². The number of phenolic OH excluding ortho intramolecular Hbond substituents is 1. The van der Waals surface area contributed by atoms with Crippen molar-refractivity contribution in [1.29, 1.82) is 0 Å². The molecular weight excluding hydrogens is 220 g/mol. The first-order chi connectivity index (χ1) is 8.20. The zero-order valence-corrected chi connectivity index (χ0v) is 9.58. The smallest absolute Gasteiger partial charge is 0.203 e. The largest absolute Gasteiger partial charge is 0.504 e. The number of hydrogen-bond donors (Lipinski definition) is 1. The number of rotatable bonds is 3. The van der Waals surface area contributed by atoms with Crippen LogP contribution in [0.25, 0.3) is 11.4 Å². The number of ether oxygens (including phenoxy) is 1. The molecule has 0 aliphatic heterocycles. The number of hydrogen-bond acceptors (Lipinski definition) is 6. The molecule has 0 unspecified atom stereocenters. The van der Waals surface area contributed by atoms with Crippen LogP contribution in [0.2, 0.25) is 0 Å². The highest BCUT2D eigenvalue weighted by molar-refractivity contribution is 5.59. The fourth-order valence-electron chi connectivity index (χ4n) is 1.32. The molecule has 1 aromatic heterocycles. The van der Waals surface area contributed by atoms with E-state index in [0.29, 0.717) is 29.6 Å². The molecule has 0 spiro atoms. The normalized spacial score (nSPS) is 10.2. The number of aromatic hydroxyl groups is 1. The molecule has 6 heteroatoms. The first-order valence-corrected chi connectivity index (χ1v) is 5.21. The Morgan fingerprint density at radius 1 is 1.18 bits per heavy atom. The fourth-order valence-corrected chi connectivity index (χ4v) is 1.32. The molecule has 17 heavy (non-hydrogen) atoms. The minimum atomic E-state index is 0.0867. The fraction of sp³-hybridized carbons (Fsp3) is 0.273. The number of nitrogens with zero attached hydrogens (tertiary/aromatic N) is 4. The van der Waals surface area contributed by atoms with E-state index in [1.165, 1.54) is 6.07 Å². The summed E-state index contributed by atoms with van der Waals surface area (Å²) in [6, 6.07) is 4.88. The summed E-state index contributed by atoms with van der Waals surface area (Å²) in [6.45, 7) is 4.03. The Bertz CT molecular complexity index is 513. The van der Waals surface area contributed by atoms with Gasteiger partial charge in [-0.2, -0.15) is 0 Å². The molecule has 6 nitrogen and oxygen atoms in total. The molecule has 1 aromatic carbocycles. The Balaban J connectivity index is 2.39. The third-order valence-electron chi connectivity index (χ3n) is 2.10. The van der Waals surface area contributed by atoms with Gasteiger partial charge < -0.3 is 9.84 Å². The summed E-state index contributed by atoms with van der Waals surface area (Å²) < 4.78 is 5.28. The van der Waals surface area contributed by atoms with Gasteiger partial charge in [-0.1, -0.05) is 0 Å². The summed E-state index contributed by atoms with van der Waals surface area (Å²) in [5.41, 5.74) is 0.700. The van der Waals surface area contributed by atoms with Gasteiger partial charge in [0.05, 0.1) is 6.61 Å². The zero-order valence-electron chi connectivity index (χ0n) is 9.58. The van der Waals surface area contributed by atoms with Crippen LogP contribution in [0.1, 0.15) is 12.7 Å². The first kappa shape index (κ1) is 11.3. The van der Waals surface area contributed by atoms with Crippen molar-refractivity contribution < 1.29 is 9.84 Å². The molecule has 0 fully saturated rings. The van der Waals surface area contributed by atoms with E-state index >= 15 is 0 Å². The van der Waals surface area contributed by atoms with Crippen molar-refractivity contribution in [2.24, 2.45) is 0 Å². The van der Waals surface area contributed by atoms with E-state index in [-0.39, 0.29) is 5.75 Å². The van der Waals surface area contributed by atoms with Crippen LogP contribution in [0.15, 0.2) is 18.2 Å². The molecule has 88 valence electrons. The minimum absolute atomic E-state index is 0.0867. The summed E-state index contributed by atoms with van der Waals surface area (Å²) in [5.74, 6) is 1.40. The second-order valence-electron chi connectivity index (χ2n) is 3.39. The van der Waals surface area contributed by atoms with E-state index in [0.717, 1.165) is 0 Å². The van der Waals surface area contributed by atoms with Gasteiger partial charge in [0.25, 0.3) is 0 Å². The lowest BCUT2D eigenvalue weighted by atomic mass is 10.2. The first-order valence-electron chi connectivity index (χ1n) is 5.21. The minimum Gasteiger partial charge on any atom is -0.504 e. The molecule has 0 aliphatic rings. The molecule has 0 saturated carbocycles. The summed E-state index contributed by atoms with van der Waals surface area (Å²) in [4.78, 5) is 0. The average molecular weight is 232 g/mol. The van der Waals surface area contributed by atoms with Crippen LogP contribution >= 0.6 is 0 Å². The highest BCUT2D eigenvalue weighted by Gasteiger charge is 2.08. The Morgan fingerprint density at radius 2 is 1.88 bits per heavy atom. The third kappa shape index (κ3) is 2.47. The molecule has 1 N–H and O–H groups in total. The van der Waals surface area contributed by atoms with E-state index in [2.05, 4.69) is 20.4 Å². The Labute approximate surface area is 98.3 Å². The molecule has 2 aromatic rings. The van der Waals surface area contributed by atoms with E-state index in [1.807, 2.05) is 6.92 Å². The highest BCUT2D eigenvalue weighted by Crippen LogP contribution is 2.29. The van der Waals surface area contributed by atoms with Crippen LogP contribution in [0.4, 0.5) is 0 Å². The SMILES string of the molecule is CCOc1cc(-c2nnc(C)nn2)ccc1O. The van der Waals surface area contributed by atoms with Gasteiger partial charge in [-0.15, -0.1) is 20.4 Å². The lowest BCUT2D eigenvalue weighted by Crippen LogP contribution is -1.99. The van der Waals surface area contributed by atoms with Crippen LogP contribution in [-0.2, 0) is 0 Å². The average Bonchev–Trinajstić information content (AvgIpc) is 2.33. The van der Waals surface area contributed by atoms with E-state index in [1.54, 1.807) is 19.1 Å². The zero-order chi connectivity index (χ0) is 12.3. The van der Waals surface area contributed by atoms with Gasteiger partial charge in [0.15, 0.2) is 17.3 Å². The maximum Gasteiger partial charge on any atom is 0.203 e. The van der Waals surface area contributed by atoms with Gasteiger partial charge in [0.1, 0.15) is 0 Å². The maximum atomic E-state index is 9.56.